The van der Waals surface area contributed by atoms with Crippen molar-refractivity contribution >= 4 is 12.4 Å². The summed E-state index contributed by atoms with van der Waals surface area (Å²) in [6, 6.07) is 10.5. The van der Waals surface area contributed by atoms with Gasteiger partial charge < -0.3 is 19.7 Å². The minimum Gasteiger partial charge on any atom is -0.507 e. The van der Waals surface area contributed by atoms with E-state index in [1.54, 1.807) is 36.7 Å². The zero-order chi connectivity index (χ0) is 21.6. The summed E-state index contributed by atoms with van der Waals surface area (Å²) in [5.41, 5.74) is 1.36. The molecular weight excluding hydrogens is 380 g/mol. The lowest BCUT2D eigenvalue weighted by Gasteiger charge is -2.06. The average molecular weight is 413 g/mol. The van der Waals surface area contributed by atoms with E-state index in [9.17, 15) is 10.2 Å². The van der Waals surface area contributed by atoms with Crippen LogP contribution in [-0.4, -0.2) is 48.9 Å². The Hall–Kier alpha value is -3.02. The Balaban J connectivity index is 1.69. The molecule has 2 aromatic carbocycles. The van der Waals surface area contributed by atoms with E-state index < -0.39 is 0 Å². The number of hydrogen-bond donors (Lipinski definition) is 2. The summed E-state index contributed by atoms with van der Waals surface area (Å²) >= 11 is 0. The van der Waals surface area contributed by atoms with Gasteiger partial charge in [0.1, 0.15) is 23.0 Å². The third-order valence-corrected chi connectivity index (χ3v) is 4.23. The van der Waals surface area contributed by atoms with Crippen molar-refractivity contribution in [1.29, 1.82) is 0 Å². The minimum absolute atomic E-state index is 0.169. The van der Waals surface area contributed by atoms with Gasteiger partial charge in [0, 0.05) is 48.8 Å². The van der Waals surface area contributed by atoms with Crippen LogP contribution < -0.4 is 9.47 Å². The quantitative estimate of drug-likeness (QED) is 0.358. The van der Waals surface area contributed by atoms with Gasteiger partial charge in [0.05, 0.1) is 13.2 Å². The molecule has 0 unspecified atom stereocenters. The molecule has 0 heterocycles. The molecule has 0 radical (unpaired) electrons. The van der Waals surface area contributed by atoms with E-state index in [0.29, 0.717) is 48.9 Å². The molecule has 0 amide bonds. The van der Waals surface area contributed by atoms with Gasteiger partial charge in [-0.2, -0.15) is 0 Å². The van der Waals surface area contributed by atoms with E-state index in [0.717, 1.165) is 25.7 Å². The molecule has 0 aliphatic heterocycles. The van der Waals surface area contributed by atoms with E-state index in [1.165, 1.54) is 0 Å². The number of aliphatic imine (C=N–C) groups is 2. The summed E-state index contributed by atoms with van der Waals surface area (Å²) in [7, 11) is 0. The highest BCUT2D eigenvalue weighted by Gasteiger charge is 2.02. The van der Waals surface area contributed by atoms with Crippen LogP contribution in [0.1, 0.15) is 50.7 Å². The molecule has 0 aromatic heterocycles. The fourth-order valence-corrected chi connectivity index (χ4v) is 2.62. The molecule has 2 aromatic rings. The number of nitrogens with zero attached hydrogens (tertiary/aromatic N) is 2. The number of hydrogen-bond acceptors (Lipinski definition) is 6. The van der Waals surface area contributed by atoms with Crippen molar-refractivity contribution in [3.63, 3.8) is 0 Å². The predicted molar refractivity (Wildman–Crippen MR) is 122 cm³/mol. The lowest BCUT2D eigenvalue weighted by molar-refractivity contribution is 0.315. The molecule has 6 nitrogen and oxygen atoms in total. The van der Waals surface area contributed by atoms with Crippen molar-refractivity contribution in [3.05, 3.63) is 47.5 Å². The normalized spacial score (nSPS) is 11.4. The van der Waals surface area contributed by atoms with Crippen LogP contribution in [-0.2, 0) is 0 Å². The summed E-state index contributed by atoms with van der Waals surface area (Å²) in [5, 5.41) is 20.1. The van der Waals surface area contributed by atoms with E-state index in [1.807, 2.05) is 26.0 Å². The lowest BCUT2D eigenvalue weighted by Crippen LogP contribution is -1.95. The standard InChI is InChI=1S/C24H32N2O4/c1-3-13-29-21-9-7-19(23(27)15-21)17-25-11-5-6-12-26-18-20-8-10-22(16-24(20)28)30-14-4-2/h7-10,15-18,27-28H,3-6,11-14H2,1-2H3. The summed E-state index contributed by atoms with van der Waals surface area (Å²) in [5.74, 6) is 1.67. The molecule has 30 heavy (non-hydrogen) atoms. The Morgan fingerprint density at radius 2 is 1.17 bits per heavy atom. The van der Waals surface area contributed by atoms with Crippen LogP contribution in [0.5, 0.6) is 23.0 Å². The third kappa shape index (κ3) is 8.15. The van der Waals surface area contributed by atoms with Crippen molar-refractivity contribution in [2.75, 3.05) is 26.3 Å². The van der Waals surface area contributed by atoms with Gasteiger partial charge in [0.15, 0.2) is 0 Å². The number of phenols is 2. The zero-order valence-corrected chi connectivity index (χ0v) is 17.9. The van der Waals surface area contributed by atoms with E-state index in [-0.39, 0.29) is 11.5 Å². The molecule has 6 heteroatoms. The van der Waals surface area contributed by atoms with Gasteiger partial charge >= 0.3 is 0 Å². The van der Waals surface area contributed by atoms with Gasteiger partial charge in [-0.25, -0.2) is 0 Å². The fourth-order valence-electron chi connectivity index (χ4n) is 2.62. The van der Waals surface area contributed by atoms with Crippen LogP contribution in [0.4, 0.5) is 0 Å². The first-order valence-electron chi connectivity index (χ1n) is 10.5. The maximum atomic E-state index is 10.0. The van der Waals surface area contributed by atoms with Gasteiger partial charge in [0.25, 0.3) is 0 Å². The number of benzene rings is 2. The van der Waals surface area contributed by atoms with Crippen LogP contribution in [0.3, 0.4) is 0 Å². The Bertz CT molecular complexity index is 764. The van der Waals surface area contributed by atoms with Crippen molar-refractivity contribution in [1.82, 2.24) is 0 Å². The Morgan fingerprint density at radius 1 is 0.733 bits per heavy atom. The molecule has 2 rings (SSSR count). The van der Waals surface area contributed by atoms with Gasteiger partial charge in [-0.1, -0.05) is 13.8 Å². The molecule has 0 bridgehead atoms. The van der Waals surface area contributed by atoms with Gasteiger partial charge in [0.2, 0.25) is 0 Å². The number of rotatable bonds is 13. The van der Waals surface area contributed by atoms with Crippen molar-refractivity contribution in [3.8, 4) is 23.0 Å². The second-order valence-corrected chi connectivity index (χ2v) is 6.92. The van der Waals surface area contributed by atoms with Gasteiger partial charge in [-0.15, -0.1) is 0 Å². The number of ether oxygens (including phenoxy) is 2. The molecule has 0 spiro atoms. The second-order valence-electron chi connectivity index (χ2n) is 6.92. The first-order chi connectivity index (χ1) is 14.6. The SMILES string of the molecule is CCCOc1ccc(C=NCCCCN=Cc2ccc(OCCC)cc2O)c(O)c1. The topological polar surface area (TPSA) is 83.6 Å². The minimum atomic E-state index is 0.169. The van der Waals surface area contributed by atoms with Crippen LogP contribution in [0.15, 0.2) is 46.4 Å². The predicted octanol–water partition coefficient (Wildman–Crippen LogP) is 4.99. The van der Waals surface area contributed by atoms with E-state index >= 15 is 0 Å². The number of unbranched alkanes of at least 4 members (excludes halogenated alkanes) is 1. The monoisotopic (exact) mass is 412 g/mol. The lowest BCUT2D eigenvalue weighted by atomic mass is 10.2. The molecular formula is C24H32N2O4. The maximum absolute atomic E-state index is 10.0. The van der Waals surface area contributed by atoms with Crippen LogP contribution in [0.2, 0.25) is 0 Å². The molecule has 0 saturated carbocycles. The van der Waals surface area contributed by atoms with Crippen molar-refractivity contribution < 1.29 is 19.7 Å². The van der Waals surface area contributed by atoms with E-state index in [2.05, 4.69) is 9.98 Å². The average Bonchev–Trinajstić information content (AvgIpc) is 2.74. The fraction of sp³-hybridized carbons (Fsp3) is 0.417. The molecule has 0 aliphatic carbocycles. The highest BCUT2D eigenvalue weighted by Crippen LogP contribution is 2.23. The van der Waals surface area contributed by atoms with Crippen LogP contribution in [0.25, 0.3) is 0 Å². The van der Waals surface area contributed by atoms with Crippen molar-refractivity contribution in [2.24, 2.45) is 9.98 Å². The molecule has 2 N–H and O–H groups in total. The Labute approximate surface area is 178 Å². The second kappa shape index (κ2) is 13.2. The molecule has 0 saturated heterocycles. The molecule has 162 valence electrons. The van der Waals surface area contributed by atoms with Crippen LogP contribution in [0, 0.1) is 0 Å². The smallest absolute Gasteiger partial charge is 0.128 e. The first kappa shape index (κ1) is 23.3. The summed E-state index contributed by atoms with van der Waals surface area (Å²) in [6.07, 6.45) is 7.00. The molecule has 0 atom stereocenters. The number of aromatic hydroxyl groups is 2. The molecule has 0 aliphatic rings. The Morgan fingerprint density at radius 3 is 1.53 bits per heavy atom. The summed E-state index contributed by atoms with van der Waals surface area (Å²) in [4.78, 5) is 8.73. The van der Waals surface area contributed by atoms with E-state index in [4.69, 9.17) is 9.47 Å². The highest BCUT2D eigenvalue weighted by molar-refractivity contribution is 5.84. The highest BCUT2D eigenvalue weighted by atomic mass is 16.5. The molecule has 0 fully saturated rings. The van der Waals surface area contributed by atoms with Crippen LogP contribution >= 0.6 is 0 Å². The van der Waals surface area contributed by atoms with Crippen molar-refractivity contribution in [2.45, 2.75) is 39.5 Å². The number of phenolic OH excluding ortho intramolecular Hbond substituents is 2. The van der Waals surface area contributed by atoms with Gasteiger partial charge in [-0.3, -0.25) is 9.98 Å². The summed E-state index contributed by atoms with van der Waals surface area (Å²) in [6.45, 7) is 6.67. The Kier molecular flexibility index (Phi) is 10.3. The first-order valence-corrected chi connectivity index (χ1v) is 10.5. The summed E-state index contributed by atoms with van der Waals surface area (Å²) < 4.78 is 11.0. The zero-order valence-electron chi connectivity index (χ0n) is 17.9. The third-order valence-electron chi connectivity index (χ3n) is 4.23. The van der Waals surface area contributed by atoms with Gasteiger partial charge in [-0.05, 0) is 49.9 Å². The largest absolute Gasteiger partial charge is 0.507 e. The maximum Gasteiger partial charge on any atom is 0.128 e.